The summed E-state index contributed by atoms with van der Waals surface area (Å²) >= 11 is 0. The van der Waals surface area contributed by atoms with E-state index in [4.69, 9.17) is 14.2 Å². The molecule has 1 heterocycles. The van der Waals surface area contributed by atoms with Gasteiger partial charge in [0.2, 0.25) is 11.7 Å². The summed E-state index contributed by atoms with van der Waals surface area (Å²) in [5, 5.41) is 9.52. The highest BCUT2D eigenvalue weighted by Gasteiger charge is 2.18. The molecule has 140 valence electrons. The van der Waals surface area contributed by atoms with E-state index in [0.29, 0.717) is 28.6 Å². The van der Waals surface area contributed by atoms with Crippen molar-refractivity contribution < 1.29 is 19.0 Å². The topological polar surface area (TPSA) is 98.4 Å². The van der Waals surface area contributed by atoms with Crippen molar-refractivity contribution in [2.24, 2.45) is 0 Å². The van der Waals surface area contributed by atoms with Gasteiger partial charge in [0, 0.05) is 11.1 Å². The van der Waals surface area contributed by atoms with Gasteiger partial charge in [-0.1, -0.05) is 29.8 Å². The predicted octanol–water partition coefficient (Wildman–Crippen LogP) is 3.06. The van der Waals surface area contributed by atoms with Crippen molar-refractivity contribution in [2.75, 3.05) is 26.6 Å². The van der Waals surface area contributed by atoms with Crippen molar-refractivity contribution in [1.29, 1.82) is 0 Å². The Morgan fingerprint density at radius 3 is 2.19 bits per heavy atom. The van der Waals surface area contributed by atoms with Crippen molar-refractivity contribution >= 4 is 11.9 Å². The number of carbonyl (C=O) groups excluding carboxylic acids is 1. The average molecular weight is 368 g/mol. The molecule has 1 aromatic heterocycles. The Morgan fingerprint density at radius 1 is 1.00 bits per heavy atom. The van der Waals surface area contributed by atoms with E-state index in [0.717, 1.165) is 11.1 Å². The number of carbonyl (C=O) groups is 1. The molecule has 8 heteroatoms. The fourth-order valence-corrected chi connectivity index (χ4v) is 2.54. The highest BCUT2D eigenvalue weighted by atomic mass is 16.5. The minimum Gasteiger partial charge on any atom is -0.493 e. The van der Waals surface area contributed by atoms with Gasteiger partial charge in [0.05, 0.1) is 21.3 Å². The Hall–Kier alpha value is -3.55. The first-order valence-electron chi connectivity index (χ1n) is 8.16. The Labute approximate surface area is 156 Å². The second-order valence-electron chi connectivity index (χ2n) is 5.74. The molecule has 3 aromatic rings. The summed E-state index contributed by atoms with van der Waals surface area (Å²) in [6.07, 6.45) is 0. The third kappa shape index (κ3) is 3.84. The third-order valence-electron chi connectivity index (χ3n) is 3.96. The molecule has 0 unspecified atom stereocenters. The van der Waals surface area contributed by atoms with Crippen molar-refractivity contribution in [3.8, 4) is 28.6 Å². The molecular weight excluding hydrogens is 348 g/mol. The number of anilines is 1. The van der Waals surface area contributed by atoms with Crippen molar-refractivity contribution in [2.45, 2.75) is 6.92 Å². The Morgan fingerprint density at radius 2 is 1.63 bits per heavy atom. The van der Waals surface area contributed by atoms with Gasteiger partial charge in [-0.3, -0.25) is 15.2 Å². The van der Waals surface area contributed by atoms with Crippen molar-refractivity contribution in [3.63, 3.8) is 0 Å². The monoisotopic (exact) mass is 368 g/mol. The number of hydrogen-bond donors (Lipinski definition) is 2. The number of aromatic nitrogens is 3. The number of rotatable bonds is 6. The molecule has 3 rings (SSSR count). The third-order valence-corrected chi connectivity index (χ3v) is 3.96. The van der Waals surface area contributed by atoms with Gasteiger partial charge in [-0.15, -0.1) is 5.10 Å². The van der Waals surface area contributed by atoms with Crippen LogP contribution in [-0.4, -0.2) is 42.4 Å². The molecule has 2 N–H and O–H groups in total. The van der Waals surface area contributed by atoms with Crippen LogP contribution in [-0.2, 0) is 0 Å². The maximum Gasteiger partial charge on any atom is 0.258 e. The molecule has 0 aliphatic carbocycles. The normalized spacial score (nSPS) is 10.4. The van der Waals surface area contributed by atoms with Gasteiger partial charge in [-0.2, -0.15) is 4.98 Å². The standard InChI is InChI=1S/C19H20N4O4/c1-11-5-7-12(8-6-11)17-20-19(23-22-17)21-18(24)13-9-14(25-2)16(27-4)15(10-13)26-3/h5-10H,1-4H3,(H2,20,21,22,23,24). The first-order valence-corrected chi connectivity index (χ1v) is 8.16. The van der Waals surface area contributed by atoms with E-state index in [-0.39, 0.29) is 5.95 Å². The number of aromatic amines is 1. The molecule has 1 amide bonds. The molecule has 0 spiro atoms. The number of aryl methyl sites for hydroxylation is 1. The summed E-state index contributed by atoms with van der Waals surface area (Å²) in [6, 6.07) is 10.9. The molecule has 0 atom stereocenters. The zero-order chi connectivity index (χ0) is 19.4. The van der Waals surface area contributed by atoms with Gasteiger partial charge in [0.25, 0.3) is 5.91 Å². The lowest BCUT2D eigenvalue weighted by molar-refractivity contribution is 0.102. The number of nitrogens with one attached hydrogen (secondary N) is 2. The number of benzene rings is 2. The fourth-order valence-electron chi connectivity index (χ4n) is 2.54. The van der Waals surface area contributed by atoms with Crippen LogP contribution < -0.4 is 19.5 Å². The predicted molar refractivity (Wildman–Crippen MR) is 101 cm³/mol. The lowest BCUT2D eigenvalue weighted by Crippen LogP contribution is -2.13. The van der Waals surface area contributed by atoms with Gasteiger partial charge >= 0.3 is 0 Å². The molecule has 0 aliphatic rings. The molecular formula is C19H20N4O4. The van der Waals surface area contributed by atoms with Gasteiger partial charge in [0.15, 0.2) is 17.3 Å². The molecule has 0 bridgehead atoms. The van der Waals surface area contributed by atoms with Crippen molar-refractivity contribution in [3.05, 3.63) is 47.5 Å². The molecule has 8 nitrogen and oxygen atoms in total. The number of hydrogen-bond acceptors (Lipinski definition) is 6. The molecule has 0 saturated carbocycles. The van der Waals surface area contributed by atoms with E-state index in [1.807, 2.05) is 31.2 Å². The van der Waals surface area contributed by atoms with Gasteiger partial charge in [0.1, 0.15) is 0 Å². The number of methoxy groups -OCH3 is 3. The van der Waals surface area contributed by atoms with Gasteiger partial charge < -0.3 is 14.2 Å². The van der Waals surface area contributed by atoms with Crippen molar-refractivity contribution in [1.82, 2.24) is 15.2 Å². The minimum atomic E-state index is -0.399. The van der Waals surface area contributed by atoms with E-state index in [1.165, 1.54) is 21.3 Å². The summed E-state index contributed by atoms with van der Waals surface area (Å²) in [6.45, 7) is 2.01. The zero-order valence-electron chi connectivity index (χ0n) is 15.5. The average Bonchev–Trinajstić information content (AvgIpc) is 3.15. The molecule has 0 fully saturated rings. The molecule has 2 aromatic carbocycles. The molecule has 0 aliphatic heterocycles. The quantitative estimate of drug-likeness (QED) is 0.694. The number of H-pyrrole nitrogens is 1. The minimum absolute atomic E-state index is 0.171. The van der Waals surface area contributed by atoms with Crippen LogP contribution in [0.15, 0.2) is 36.4 Å². The van der Waals surface area contributed by atoms with Gasteiger partial charge in [-0.05, 0) is 19.1 Å². The van der Waals surface area contributed by atoms with Crippen LogP contribution in [0.5, 0.6) is 17.2 Å². The Balaban J connectivity index is 1.82. The van der Waals surface area contributed by atoms with Crippen LogP contribution in [0.3, 0.4) is 0 Å². The zero-order valence-corrected chi connectivity index (χ0v) is 15.5. The fraction of sp³-hybridized carbons (Fsp3) is 0.211. The number of nitrogens with zero attached hydrogens (tertiary/aromatic N) is 2. The lowest BCUT2D eigenvalue weighted by Gasteiger charge is -2.13. The summed E-state index contributed by atoms with van der Waals surface area (Å²) in [5.74, 6) is 1.52. The summed E-state index contributed by atoms with van der Waals surface area (Å²) in [4.78, 5) is 16.9. The second kappa shape index (κ2) is 7.77. The van der Waals surface area contributed by atoms with Crippen LogP contribution in [0.1, 0.15) is 15.9 Å². The first kappa shape index (κ1) is 18.2. The highest BCUT2D eigenvalue weighted by Crippen LogP contribution is 2.38. The van der Waals surface area contributed by atoms with Gasteiger partial charge in [-0.25, -0.2) is 0 Å². The van der Waals surface area contributed by atoms with Crippen LogP contribution in [0.2, 0.25) is 0 Å². The number of ether oxygens (including phenoxy) is 3. The van der Waals surface area contributed by atoms with E-state index in [1.54, 1.807) is 12.1 Å². The SMILES string of the molecule is COc1cc(C(=O)Nc2n[nH]c(-c3ccc(C)cc3)n2)cc(OC)c1OC. The number of amides is 1. The Bertz CT molecular complexity index is 926. The maximum absolute atomic E-state index is 12.6. The molecule has 0 radical (unpaired) electrons. The smallest absolute Gasteiger partial charge is 0.258 e. The van der Waals surface area contributed by atoms with E-state index in [9.17, 15) is 4.79 Å². The lowest BCUT2D eigenvalue weighted by atomic mass is 10.1. The maximum atomic E-state index is 12.6. The molecule has 27 heavy (non-hydrogen) atoms. The largest absolute Gasteiger partial charge is 0.493 e. The van der Waals surface area contributed by atoms with E-state index >= 15 is 0 Å². The summed E-state index contributed by atoms with van der Waals surface area (Å²) in [5.41, 5.74) is 2.35. The van der Waals surface area contributed by atoms with Crippen LogP contribution in [0.4, 0.5) is 5.95 Å². The second-order valence-corrected chi connectivity index (χ2v) is 5.74. The highest BCUT2D eigenvalue weighted by molar-refractivity contribution is 6.04. The van der Waals surface area contributed by atoms with Crippen LogP contribution in [0.25, 0.3) is 11.4 Å². The van der Waals surface area contributed by atoms with Crippen LogP contribution >= 0.6 is 0 Å². The first-order chi connectivity index (χ1) is 13.0. The molecule has 0 saturated heterocycles. The Kier molecular flexibility index (Phi) is 5.25. The van der Waals surface area contributed by atoms with Crippen LogP contribution in [0, 0.1) is 6.92 Å². The summed E-state index contributed by atoms with van der Waals surface area (Å²) in [7, 11) is 4.48. The van der Waals surface area contributed by atoms with E-state index in [2.05, 4.69) is 20.5 Å². The van der Waals surface area contributed by atoms with E-state index < -0.39 is 5.91 Å². The summed E-state index contributed by atoms with van der Waals surface area (Å²) < 4.78 is 15.8.